The van der Waals surface area contributed by atoms with Crippen LogP contribution in [0.5, 0.6) is 23.0 Å². The zero-order valence-electron chi connectivity index (χ0n) is 24.7. The van der Waals surface area contributed by atoms with Crippen LogP contribution >= 0.6 is 0 Å². The molecule has 2 aromatic carbocycles. The number of hydrogen-bond acceptors (Lipinski definition) is 9. The fraction of sp³-hybridized carbons (Fsp3) is 0.567. The monoisotopic (exact) mass is 548 g/mol. The van der Waals surface area contributed by atoms with Gasteiger partial charge in [0, 0.05) is 5.56 Å². The third-order valence-electron chi connectivity index (χ3n) is 5.52. The van der Waals surface area contributed by atoms with Crippen LogP contribution in [0.25, 0.3) is 0 Å². The van der Waals surface area contributed by atoms with E-state index in [2.05, 4.69) is 0 Å². The van der Waals surface area contributed by atoms with Gasteiger partial charge in [0.2, 0.25) is 0 Å². The van der Waals surface area contributed by atoms with Crippen LogP contribution in [0.3, 0.4) is 0 Å². The number of carbonyl (C=O) groups excluding carboxylic acids is 1. The topological polar surface area (TPSA) is 102 Å². The molecule has 9 nitrogen and oxygen atoms in total. The van der Waals surface area contributed by atoms with Crippen molar-refractivity contribution in [3.05, 3.63) is 47.5 Å². The highest BCUT2D eigenvalue weighted by Crippen LogP contribution is 2.33. The highest BCUT2D eigenvalue weighted by Gasteiger charge is 2.23. The van der Waals surface area contributed by atoms with Crippen molar-refractivity contribution in [1.29, 1.82) is 0 Å². The summed E-state index contributed by atoms with van der Waals surface area (Å²) >= 11 is 0. The van der Waals surface area contributed by atoms with Crippen LogP contribution in [0.2, 0.25) is 0 Å². The number of Topliss-reactive ketones (excluding diaryl/α,β-unsaturated/α-hetero) is 1. The van der Waals surface area contributed by atoms with Gasteiger partial charge in [-0.2, -0.15) is 0 Å². The molecule has 0 saturated heterocycles. The lowest BCUT2D eigenvalue weighted by atomic mass is 9.99. The normalized spacial score (nSPS) is 13.5. The Morgan fingerprint density at radius 3 is 1.92 bits per heavy atom. The Bertz CT molecular complexity index is 1050. The van der Waals surface area contributed by atoms with Gasteiger partial charge in [0.25, 0.3) is 0 Å². The number of benzene rings is 2. The van der Waals surface area contributed by atoms with Gasteiger partial charge < -0.3 is 38.3 Å². The number of methoxy groups -OCH3 is 3. The predicted molar refractivity (Wildman–Crippen MR) is 148 cm³/mol. The molecule has 0 bridgehead atoms. The second kappa shape index (κ2) is 14.5. The average Bonchev–Trinajstić information content (AvgIpc) is 2.89. The first-order valence-electron chi connectivity index (χ1n) is 12.9. The van der Waals surface area contributed by atoms with Crippen LogP contribution in [0.1, 0.15) is 63.6 Å². The van der Waals surface area contributed by atoms with E-state index in [0.717, 1.165) is 0 Å². The Morgan fingerprint density at radius 1 is 0.744 bits per heavy atom. The van der Waals surface area contributed by atoms with Crippen molar-refractivity contribution in [2.45, 2.75) is 65.0 Å². The van der Waals surface area contributed by atoms with Crippen molar-refractivity contribution in [3.63, 3.8) is 0 Å². The van der Waals surface area contributed by atoms with E-state index in [-0.39, 0.29) is 29.5 Å². The summed E-state index contributed by atoms with van der Waals surface area (Å²) in [6, 6.07) is 9.59. The van der Waals surface area contributed by atoms with E-state index < -0.39 is 11.9 Å². The number of ether oxygens (including phenoxy) is 7. The second-order valence-electron chi connectivity index (χ2n) is 10.9. The first-order valence-corrected chi connectivity index (χ1v) is 12.9. The zero-order chi connectivity index (χ0) is 29.2. The quantitative estimate of drug-likeness (QED) is 0.243. The van der Waals surface area contributed by atoms with Crippen LogP contribution in [0.15, 0.2) is 36.4 Å². The Morgan fingerprint density at radius 2 is 1.33 bits per heavy atom. The van der Waals surface area contributed by atoms with Crippen molar-refractivity contribution in [2.24, 2.45) is 0 Å². The molecule has 2 aromatic rings. The minimum Gasteiger partial charge on any atom is -0.493 e. The maximum absolute atomic E-state index is 13.0. The fourth-order valence-corrected chi connectivity index (χ4v) is 3.50. The van der Waals surface area contributed by atoms with Crippen molar-refractivity contribution in [3.8, 4) is 23.0 Å². The molecule has 0 spiro atoms. The minimum atomic E-state index is -1.41. The molecule has 2 unspecified atom stereocenters. The first kappa shape index (κ1) is 32.4. The minimum absolute atomic E-state index is 0.203. The van der Waals surface area contributed by atoms with Crippen LogP contribution in [-0.2, 0) is 14.2 Å². The van der Waals surface area contributed by atoms with Gasteiger partial charge in [0.15, 0.2) is 28.8 Å². The maximum atomic E-state index is 13.0. The molecule has 0 fully saturated rings. The Hall–Kier alpha value is -2.85. The fourth-order valence-electron chi connectivity index (χ4n) is 3.50. The molecule has 2 rings (SSSR count). The molecule has 0 amide bonds. The largest absolute Gasteiger partial charge is 0.493 e. The third kappa shape index (κ3) is 10.7. The van der Waals surface area contributed by atoms with Gasteiger partial charge in [-0.3, -0.25) is 4.79 Å². The summed E-state index contributed by atoms with van der Waals surface area (Å²) < 4.78 is 39.7. The van der Waals surface area contributed by atoms with E-state index in [1.54, 1.807) is 30.3 Å². The molecule has 2 atom stereocenters. The number of rotatable bonds is 15. The van der Waals surface area contributed by atoms with E-state index in [9.17, 15) is 9.90 Å². The standard InChI is InChI=1S/C30H44O9/c1-29(2,3)38-15-14-36-22(19-39-30(4,5)6)18-37-24-13-11-21(17-26(24)35-9)28(32)27(31)20-10-12-23(33-7)25(16-20)34-8/h10-13,16-17,22,28,32H,14-15,18-19H2,1-9H3. The number of aliphatic hydroxyl groups is 1. The lowest BCUT2D eigenvalue weighted by Crippen LogP contribution is -2.33. The Kier molecular flexibility index (Phi) is 12.0. The van der Waals surface area contributed by atoms with Crippen LogP contribution in [-0.4, -0.2) is 76.0 Å². The average molecular weight is 549 g/mol. The molecule has 0 aliphatic heterocycles. The molecular formula is C30H44O9. The number of hydrogen-bond donors (Lipinski definition) is 1. The lowest BCUT2D eigenvalue weighted by Gasteiger charge is -2.26. The molecule has 9 heteroatoms. The Balaban J connectivity index is 2.11. The molecule has 0 saturated carbocycles. The van der Waals surface area contributed by atoms with E-state index in [4.69, 9.17) is 33.2 Å². The SMILES string of the molecule is COc1ccc(C(=O)C(O)c2ccc(OCC(COC(C)(C)C)OCCOC(C)(C)C)c(OC)c2)cc1OC. The van der Waals surface area contributed by atoms with E-state index >= 15 is 0 Å². The van der Waals surface area contributed by atoms with E-state index in [1.807, 2.05) is 41.5 Å². The third-order valence-corrected chi connectivity index (χ3v) is 5.52. The van der Waals surface area contributed by atoms with Crippen molar-refractivity contribution in [1.82, 2.24) is 0 Å². The van der Waals surface area contributed by atoms with E-state index in [0.29, 0.717) is 48.4 Å². The van der Waals surface area contributed by atoms with Crippen LogP contribution in [0.4, 0.5) is 0 Å². The highest BCUT2D eigenvalue weighted by atomic mass is 16.6. The molecule has 0 aliphatic carbocycles. The first-order chi connectivity index (χ1) is 18.3. The van der Waals surface area contributed by atoms with Gasteiger partial charge >= 0.3 is 0 Å². The summed E-state index contributed by atoms with van der Waals surface area (Å²) in [5.74, 6) is 1.22. The van der Waals surface area contributed by atoms with Gasteiger partial charge in [0.05, 0.1) is 52.4 Å². The van der Waals surface area contributed by atoms with Gasteiger partial charge in [-0.1, -0.05) is 6.07 Å². The van der Waals surface area contributed by atoms with Crippen LogP contribution < -0.4 is 18.9 Å². The molecule has 0 aromatic heterocycles. The number of carbonyl (C=O) groups is 1. The van der Waals surface area contributed by atoms with Gasteiger partial charge in [0.1, 0.15) is 18.8 Å². The summed E-state index contributed by atoms with van der Waals surface area (Å²) in [7, 11) is 4.49. The summed E-state index contributed by atoms with van der Waals surface area (Å²) in [6.07, 6.45) is -1.76. The van der Waals surface area contributed by atoms with Crippen molar-refractivity contribution < 1.29 is 43.1 Å². The Labute approximate surface area is 232 Å². The van der Waals surface area contributed by atoms with Crippen molar-refractivity contribution in [2.75, 3.05) is 47.8 Å². The number of ketones is 1. The smallest absolute Gasteiger partial charge is 0.195 e. The molecule has 0 aliphatic rings. The summed E-state index contributed by atoms with van der Waals surface area (Å²) in [4.78, 5) is 13.0. The molecule has 39 heavy (non-hydrogen) atoms. The van der Waals surface area contributed by atoms with Crippen LogP contribution in [0, 0.1) is 0 Å². The zero-order valence-corrected chi connectivity index (χ0v) is 24.7. The summed E-state index contributed by atoms with van der Waals surface area (Å²) in [6.45, 7) is 13.3. The maximum Gasteiger partial charge on any atom is 0.195 e. The lowest BCUT2D eigenvalue weighted by molar-refractivity contribution is -0.103. The highest BCUT2D eigenvalue weighted by molar-refractivity contribution is 6.00. The summed E-state index contributed by atoms with van der Waals surface area (Å²) in [5, 5.41) is 10.8. The van der Waals surface area contributed by atoms with Gasteiger partial charge in [-0.25, -0.2) is 0 Å². The van der Waals surface area contributed by atoms with Gasteiger partial charge in [-0.05, 0) is 77.4 Å². The summed E-state index contributed by atoms with van der Waals surface area (Å²) in [5.41, 5.74) is 0.0629. The molecule has 0 radical (unpaired) electrons. The molecule has 1 N–H and O–H groups in total. The van der Waals surface area contributed by atoms with Gasteiger partial charge in [-0.15, -0.1) is 0 Å². The molecule has 218 valence electrons. The van der Waals surface area contributed by atoms with Crippen molar-refractivity contribution >= 4 is 5.78 Å². The molecular weight excluding hydrogens is 504 g/mol. The molecule has 0 heterocycles. The number of aliphatic hydroxyl groups excluding tert-OH is 1. The van der Waals surface area contributed by atoms with E-state index in [1.165, 1.54) is 27.4 Å². The second-order valence-corrected chi connectivity index (χ2v) is 10.9. The predicted octanol–water partition coefficient (Wildman–Crippen LogP) is 5.02.